The molecule has 1 aliphatic rings. The summed E-state index contributed by atoms with van der Waals surface area (Å²) in [6.45, 7) is 9.51. The third-order valence-electron chi connectivity index (χ3n) is 6.66. The molecular weight excluding hydrogens is 731 g/mol. The third-order valence-corrected chi connectivity index (χ3v) is 8.36. The number of hydrogen-bond donors (Lipinski definition) is 2. The molecular formula is C33H31Cl5FN3O6. The molecule has 0 unspecified atom stereocenters. The minimum absolute atomic E-state index is 0.0323. The number of nitrogens with zero attached hydrogens (tertiary/aromatic N) is 1. The van der Waals surface area contributed by atoms with Crippen LogP contribution in [0.25, 0.3) is 0 Å². The van der Waals surface area contributed by atoms with E-state index in [0.29, 0.717) is 20.5 Å². The number of hydrogen-bond acceptors (Lipinski definition) is 6. The number of carbonyl (C=O) groups is 4. The second kappa shape index (κ2) is 13.9. The van der Waals surface area contributed by atoms with Crippen LogP contribution in [-0.2, 0) is 14.3 Å². The molecule has 48 heavy (non-hydrogen) atoms. The largest absolute Gasteiger partial charge is 0.443 e. The molecule has 0 spiro atoms. The van der Waals surface area contributed by atoms with E-state index in [1.807, 2.05) is 0 Å². The fourth-order valence-electron chi connectivity index (χ4n) is 4.67. The lowest BCUT2D eigenvalue weighted by Gasteiger charge is -2.28. The lowest BCUT2D eigenvalue weighted by Crippen LogP contribution is -2.44. The number of halogens is 6. The molecule has 3 aromatic rings. The molecule has 4 rings (SSSR count). The van der Waals surface area contributed by atoms with Gasteiger partial charge in [-0.25, -0.2) is 14.0 Å². The van der Waals surface area contributed by atoms with Crippen LogP contribution in [0.15, 0.2) is 54.6 Å². The van der Waals surface area contributed by atoms with Gasteiger partial charge < -0.3 is 20.1 Å². The Morgan fingerprint density at radius 3 is 1.81 bits per heavy atom. The highest BCUT2D eigenvalue weighted by atomic mass is 35.5. The Morgan fingerprint density at radius 2 is 1.29 bits per heavy atom. The summed E-state index contributed by atoms with van der Waals surface area (Å²) in [4.78, 5) is 52.7. The normalized spacial score (nSPS) is 16.8. The van der Waals surface area contributed by atoms with Gasteiger partial charge >= 0.3 is 12.2 Å². The molecule has 1 aliphatic carbocycles. The van der Waals surface area contributed by atoms with E-state index in [1.54, 1.807) is 59.7 Å². The summed E-state index contributed by atoms with van der Waals surface area (Å²) in [7, 11) is 0. The number of amides is 4. The van der Waals surface area contributed by atoms with Gasteiger partial charge in [0.05, 0.1) is 22.2 Å². The molecule has 0 heterocycles. The first kappa shape index (κ1) is 37.5. The number of carbonyl (C=O) groups excluding carboxylic acids is 4. The van der Waals surface area contributed by atoms with E-state index >= 15 is 4.39 Å². The van der Waals surface area contributed by atoms with Crippen molar-refractivity contribution in [2.75, 3.05) is 15.5 Å². The van der Waals surface area contributed by atoms with Crippen LogP contribution in [0.2, 0.25) is 15.1 Å². The van der Waals surface area contributed by atoms with Crippen molar-refractivity contribution < 1.29 is 33.0 Å². The molecule has 0 radical (unpaired) electrons. The van der Waals surface area contributed by atoms with Crippen molar-refractivity contribution in [3.63, 3.8) is 0 Å². The molecule has 0 bridgehead atoms. The van der Waals surface area contributed by atoms with Crippen molar-refractivity contribution in [3.8, 4) is 0 Å². The van der Waals surface area contributed by atoms with Crippen molar-refractivity contribution in [1.82, 2.24) is 0 Å². The number of ether oxygens (including phenoxy) is 2. The highest BCUT2D eigenvalue weighted by Gasteiger charge is 2.67. The molecule has 0 aromatic heterocycles. The molecule has 2 N–H and O–H groups in total. The van der Waals surface area contributed by atoms with Crippen LogP contribution in [-0.4, -0.2) is 39.5 Å². The Morgan fingerprint density at radius 1 is 0.771 bits per heavy atom. The fraction of sp³-hybridized carbons (Fsp3) is 0.333. The van der Waals surface area contributed by atoms with Crippen LogP contribution < -0.4 is 15.5 Å². The van der Waals surface area contributed by atoms with Crippen LogP contribution in [0.5, 0.6) is 0 Å². The zero-order chi connectivity index (χ0) is 35.9. The first-order valence-electron chi connectivity index (χ1n) is 14.4. The van der Waals surface area contributed by atoms with E-state index in [0.717, 1.165) is 12.1 Å². The van der Waals surface area contributed by atoms with Crippen LogP contribution in [0.3, 0.4) is 0 Å². The van der Waals surface area contributed by atoms with Gasteiger partial charge in [-0.05, 0) is 102 Å². The van der Waals surface area contributed by atoms with E-state index in [2.05, 4.69) is 10.6 Å². The number of benzene rings is 3. The van der Waals surface area contributed by atoms with Crippen LogP contribution in [0.1, 0.15) is 63.4 Å². The van der Waals surface area contributed by atoms with E-state index < -0.39 is 62.9 Å². The van der Waals surface area contributed by atoms with Crippen LogP contribution >= 0.6 is 58.0 Å². The minimum Gasteiger partial charge on any atom is -0.443 e. The van der Waals surface area contributed by atoms with Crippen molar-refractivity contribution in [1.29, 1.82) is 0 Å². The number of rotatable bonds is 6. The smallest absolute Gasteiger partial charge is 0.424 e. The third kappa shape index (κ3) is 9.03. The Kier molecular flexibility index (Phi) is 10.9. The summed E-state index contributed by atoms with van der Waals surface area (Å²) in [6, 6.07) is 12.3. The Labute approximate surface area is 301 Å². The topological polar surface area (TPSA) is 114 Å². The van der Waals surface area contributed by atoms with Gasteiger partial charge in [0.25, 0.3) is 5.91 Å². The molecule has 256 valence electrons. The first-order valence-corrected chi connectivity index (χ1v) is 16.3. The van der Waals surface area contributed by atoms with Gasteiger partial charge in [-0.15, -0.1) is 23.2 Å². The maximum absolute atomic E-state index is 15.5. The second-order valence-electron chi connectivity index (χ2n) is 12.9. The van der Waals surface area contributed by atoms with Crippen molar-refractivity contribution in [3.05, 3.63) is 86.6 Å². The molecule has 4 amide bonds. The molecule has 15 heteroatoms. The molecule has 2 atom stereocenters. The zero-order valence-corrected chi connectivity index (χ0v) is 30.3. The number of imide groups is 1. The lowest BCUT2D eigenvalue weighted by atomic mass is 10.1. The highest BCUT2D eigenvalue weighted by Crippen LogP contribution is 2.65. The maximum atomic E-state index is 15.5. The summed E-state index contributed by atoms with van der Waals surface area (Å²) < 4.78 is 24.6. The van der Waals surface area contributed by atoms with Crippen molar-refractivity contribution in [2.24, 2.45) is 5.92 Å². The molecule has 0 aliphatic heterocycles. The van der Waals surface area contributed by atoms with Gasteiger partial charge in [0.15, 0.2) is 0 Å². The van der Waals surface area contributed by atoms with Gasteiger partial charge in [-0.1, -0.05) is 34.8 Å². The Balaban J connectivity index is 1.52. The first-order chi connectivity index (χ1) is 22.1. The minimum atomic E-state index is -1.43. The van der Waals surface area contributed by atoms with Gasteiger partial charge in [-0.3, -0.25) is 9.59 Å². The number of anilines is 3. The van der Waals surface area contributed by atoms with Crippen molar-refractivity contribution in [2.45, 2.75) is 63.0 Å². The summed E-state index contributed by atoms with van der Waals surface area (Å²) in [6.07, 6.45) is -2.32. The monoisotopic (exact) mass is 759 g/mol. The average Bonchev–Trinajstić information content (AvgIpc) is 3.50. The molecule has 1 fully saturated rings. The van der Waals surface area contributed by atoms with Gasteiger partial charge in [-0.2, -0.15) is 4.90 Å². The van der Waals surface area contributed by atoms with Crippen LogP contribution in [0.4, 0.5) is 31.0 Å². The number of nitrogens with one attached hydrogen (secondary N) is 2. The summed E-state index contributed by atoms with van der Waals surface area (Å²) in [5.74, 6) is -3.76. The quantitative estimate of drug-likeness (QED) is 0.242. The molecule has 9 nitrogen and oxygen atoms in total. The average molecular weight is 762 g/mol. The SMILES string of the molecule is CC(C)(C)OC(=O)N(C(=O)OC(C)(C)C)c1ccc(NC(=O)c2cc(NC(=O)[C@@H]3[C@@H](c4cc(Cl)cc(Cl)c4)C3(Cl)Cl)ccc2Cl)cc1F. The van der Waals surface area contributed by atoms with E-state index in [4.69, 9.17) is 67.5 Å². The zero-order valence-electron chi connectivity index (χ0n) is 26.5. The highest BCUT2D eigenvalue weighted by molar-refractivity contribution is 6.53. The van der Waals surface area contributed by atoms with Gasteiger partial charge in [0.2, 0.25) is 5.91 Å². The van der Waals surface area contributed by atoms with Gasteiger partial charge in [0.1, 0.15) is 21.4 Å². The second-order valence-corrected chi connectivity index (χ2v) is 15.7. The summed E-state index contributed by atoms with van der Waals surface area (Å²) in [5, 5.41) is 5.96. The summed E-state index contributed by atoms with van der Waals surface area (Å²) >= 11 is 31.4. The predicted octanol–water partition coefficient (Wildman–Crippen LogP) is 10.2. The predicted molar refractivity (Wildman–Crippen MR) is 187 cm³/mol. The summed E-state index contributed by atoms with van der Waals surface area (Å²) in [5.41, 5.74) is -1.76. The molecule has 1 saturated carbocycles. The maximum Gasteiger partial charge on any atom is 0.424 e. The number of alkyl halides is 2. The Bertz CT molecular complexity index is 1740. The van der Waals surface area contributed by atoms with E-state index in [9.17, 15) is 19.2 Å². The molecule has 3 aromatic carbocycles. The molecule has 0 saturated heterocycles. The Hall–Kier alpha value is -3.28. The van der Waals surface area contributed by atoms with E-state index in [1.165, 1.54) is 24.3 Å². The van der Waals surface area contributed by atoms with Crippen molar-refractivity contribution >= 4 is 99.1 Å². The van der Waals surface area contributed by atoms with Gasteiger partial charge in [0, 0.05) is 27.3 Å². The van der Waals surface area contributed by atoms with Crippen LogP contribution in [0, 0.1) is 11.7 Å². The fourth-order valence-corrected chi connectivity index (χ4v) is 6.24. The lowest BCUT2D eigenvalue weighted by molar-refractivity contribution is -0.117. The standard InChI is InChI=1S/C33H31Cl5FN3O6/c1-31(2,3)47-29(45)42(30(46)48-32(4,5)6)24-10-8-20(15-23(24)39)40-27(43)21-14-19(7-9-22(21)36)41-28(44)26-25(33(26,37)38)16-11-17(34)13-18(35)12-16/h7-15,25-26H,1-6H3,(H,40,43)(H,41,44)/t25-,26+/m1/s1. The van der Waals surface area contributed by atoms with E-state index in [-0.39, 0.29) is 22.0 Å².